The van der Waals surface area contributed by atoms with Crippen molar-refractivity contribution in [2.45, 2.75) is 0 Å². The van der Waals surface area contributed by atoms with Gasteiger partial charge in [0.15, 0.2) is 0 Å². The van der Waals surface area contributed by atoms with Crippen molar-refractivity contribution >= 4 is 64.9 Å². The first-order valence-electron chi connectivity index (χ1n) is 14.3. The summed E-state index contributed by atoms with van der Waals surface area (Å²) >= 11 is 1.80. The number of hydrogen-bond acceptors (Lipinski definition) is 2. The number of hydrogen-bond donors (Lipinski definition) is 0. The Labute approximate surface area is 246 Å². The Bertz CT molecular complexity index is 2390. The SMILES string of the molecule is c1ccc(-c2c3ccccc3c(-c3ccc4c(c3)oc3ccc5c(-c6ccccc6)csc5c34)c3ccccc23)cc1. The number of fused-ring (bicyclic) bond motifs is 7. The largest absolute Gasteiger partial charge is 0.456 e. The molecule has 1 nitrogen and oxygen atoms in total. The minimum absolute atomic E-state index is 0.921. The van der Waals surface area contributed by atoms with Gasteiger partial charge in [-0.05, 0) is 79.0 Å². The Kier molecular flexibility index (Phi) is 5.13. The number of benzene rings is 7. The highest BCUT2D eigenvalue weighted by molar-refractivity contribution is 7.19. The fourth-order valence-corrected chi connectivity index (χ4v) is 7.84. The minimum Gasteiger partial charge on any atom is -0.456 e. The molecule has 0 amide bonds. The second kappa shape index (κ2) is 9.17. The van der Waals surface area contributed by atoms with Gasteiger partial charge in [-0.2, -0.15) is 0 Å². The van der Waals surface area contributed by atoms with E-state index in [0.29, 0.717) is 0 Å². The van der Waals surface area contributed by atoms with Crippen LogP contribution in [0.3, 0.4) is 0 Å². The summed E-state index contributed by atoms with van der Waals surface area (Å²) in [4.78, 5) is 0. The van der Waals surface area contributed by atoms with Crippen LogP contribution in [-0.2, 0) is 0 Å². The van der Waals surface area contributed by atoms with Gasteiger partial charge in [-0.3, -0.25) is 0 Å². The van der Waals surface area contributed by atoms with Crippen LogP contribution in [0.15, 0.2) is 149 Å². The van der Waals surface area contributed by atoms with E-state index in [2.05, 4.69) is 145 Å². The first kappa shape index (κ1) is 23.5. The lowest BCUT2D eigenvalue weighted by atomic mass is 9.86. The zero-order chi connectivity index (χ0) is 27.6. The molecule has 0 atom stereocenters. The topological polar surface area (TPSA) is 13.1 Å². The van der Waals surface area contributed by atoms with Crippen LogP contribution >= 0.6 is 11.3 Å². The van der Waals surface area contributed by atoms with Crippen molar-refractivity contribution in [3.63, 3.8) is 0 Å². The standard InChI is InChI=1S/C40H24OS/c1-3-11-25(12-4-1)34-24-42-40-32(34)21-22-35-39(40)33-20-19-27(23-36(33)41-35)38-30-17-9-7-15-28(30)37(26-13-5-2-6-14-26)29-16-8-10-18-31(29)38/h1-24H. The van der Waals surface area contributed by atoms with E-state index in [4.69, 9.17) is 4.42 Å². The van der Waals surface area contributed by atoms with Crippen molar-refractivity contribution < 1.29 is 4.42 Å². The molecule has 0 aliphatic rings. The van der Waals surface area contributed by atoms with Gasteiger partial charge in [0.05, 0.1) is 0 Å². The smallest absolute Gasteiger partial charge is 0.136 e. The summed E-state index contributed by atoms with van der Waals surface area (Å²) in [5.74, 6) is 0. The highest BCUT2D eigenvalue weighted by atomic mass is 32.1. The Morgan fingerprint density at radius 2 is 0.952 bits per heavy atom. The number of thiophene rings is 1. The summed E-state index contributed by atoms with van der Waals surface area (Å²) in [6.45, 7) is 0. The molecule has 0 radical (unpaired) electrons. The maximum Gasteiger partial charge on any atom is 0.136 e. The predicted molar refractivity (Wildman–Crippen MR) is 180 cm³/mol. The average Bonchev–Trinajstić information content (AvgIpc) is 3.65. The van der Waals surface area contributed by atoms with Crippen LogP contribution in [0.25, 0.3) is 87.0 Å². The summed E-state index contributed by atoms with van der Waals surface area (Å²) in [5.41, 5.74) is 9.31. The Morgan fingerprint density at radius 1 is 0.405 bits per heavy atom. The van der Waals surface area contributed by atoms with Crippen LogP contribution < -0.4 is 0 Å². The summed E-state index contributed by atoms with van der Waals surface area (Å²) in [6.07, 6.45) is 0. The number of rotatable bonds is 3. The van der Waals surface area contributed by atoms with Crippen molar-refractivity contribution in [1.29, 1.82) is 0 Å². The molecule has 2 heterocycles. The van der Waals surface area contributed by atoms with Crippen LogP contribution in [0.4, 0.5) is 0 Å². The quantitative estimate of drug-likeness (QED) is 0.199. The third kappa shape index (κ3) is 3.43. The van der Waals surface area contributed by atoms with E-state index in [0.717, 1.165) is 16.6 Å². The molecule has 7 aromatic carbocycles. The fraction of sp³-hybridized carbons (Fsp3) is 0. The minimum atomic E-state index is 0.921. The molecular weight excluding hydrogens is 529 g/mol. The molecule has 2 heteroatoms. The van der Waals surface area contributed by atoms with Gasteiger partial charge in [0, 0.05) is 26.4 Å². The molecule has 9 rings (SSSR count). The Morgan fingerprint density at radius 3 is 1.60 bits per heavy atom. The van der Waals surface area contributed by atoms with Crippen molar-refractivity contribution in [1.82, 2.24) is 0 Å². The third-order valence-corrected chi connectivity index (χ3v) is 9.56. The van der Waals surface area contributed by atoms with E-state index >= 15 is 0 Å². The van der Waals surface area contributed by atoms with Crippen molar-refractivity contribution in [2.24, 2.45) is 0 Å². The van der Waals surface area contributed by atoms with Gasteiger partial charge in [-0.15, -0.1) is 11.3 Å². The zero-order valence-corrected chi connectivity index (χ0v) is 23.5. The van der Waals surface area contributed by atoms with E-state index < -0.39 is 0 Å². The highest BCUT2D eigenvalue weighted by Gasteiger charge is 2.19. The van der Waals surface area contributed by atoms with Gasteiger partial charge in [-0.1, -0.05) is 115 Å². The van der Waals surface area contributed by atoms with Crippen LogP contribution in [0.1, 0.15) is 0 Å². The first-order valence-corrected chi connectivity index (χ1v) is 15.1. The van der Waals surface area contributed by atoms with Gasteiger partial charge in [0.2, 0.25) is 0 Å². The van der Waals surface area contributed by atoms with Crippen molar-refractivity contribution in [3.05, 3.63) is 145 Å². The molecule has 2 aromatic heterocycles. The molecule has 0 unspecified atom stereocenters. The van der Waals surface area contributed by atoms with Crippen molar-refractivity contribution in [3.8, 4) is 33.4 Å². The third-order valence-electron chi connectivity index (χ3n) is 8.54. The van der Waals surface area contributed by atoms with Crippen LogP contribution in [0, 0.1) is 0 Å². The van der Waals surface area contributed by atoms with Crippen molar-refractivity contribution in [2.75, 3.05) is 0 Å². The number of furan rings is 1. The van der Waals surface area contributed by atoms with Crippen LogP contribution in [0.5, 0.6) is 0 Å². The molecule has 0 aliphatic heterocycles. The van der Waals surface area contributed by atoms with Gasteiger partial charge in [-0.25, -0.2) is 0 Å². The van der Waals surface area contributed by atoms with E-state index in [-0.39, 0.29) is 0 Å². The highest BCUT2D eigenvalue weighted by Crippen LogP contribution is 2.46. The molecule has 0 aliphatic carbocycles. The average molecular weight is 553 g/mol. The normalized spacial score (nSPS) is 11.8. The molecule has 0 saturated carbocycles. The van der Waals surface area contributed by atoms with Crippen LogP contribution in [-0.4, -0.2) is 0 Å². The lowest BCUT2D eigenvalue weighted by Gasteiger charge is -2.17. The Hall–Kier alpha value is -5.18. The van der Waals surface area contributed by atoms with Gasteiger partial charge in [0.25, 0.3) is 0 Å². The Balaban J connectivity index is 1.31. The van der Waals surface area contributed by atoms with Crippen LogP contribution in [0.2, 0.25) is 0 Å². The monoisotopic (exact) mass is 552 g/mol. The summed E-state index contributed by atoms with van der Waals surface area (Å²) in [7, 11) is 0. The lowest BCUT2D eigenvalue weighted by Crippen LogP contribution is -1.90. The van der Waals surface area contributed by atoms with Gasteiger partial charge >= 0.3 is 0 Å². The molecular formula is C40H24OS. The predicted octanol–water partition coefficient (Wildman–Crippen LogP) is 12.1. The lowest BCUT2D eigenvalue weighted by molar-refractivity contribution is 0.669. The van der Waals surface area contributed by atoms with E-state index in [1.165, 1.54) is 70.4 Å². The second-order valence-corrected chi connectivity index (χ2v) is 11.7. The first-order chi connectivity index (χ1) is 20.8. The van der Waals surface area contributed by atoms with E-state index in [1.807, 2.05) is 0 Å². The zero-order valence-electron chi connectivity index (χ0n) is 22.7. The molecule has 0 bridgehead atoms. The summed E-state index contributed by atoms with van der Waals surface area (Å²) in [6, 6.07) is 50.1. The van der Waals surface area contributed by atoms with E-state index in [9.17, 15) is 0 Å². The summed E-state index contributed by atoms with van der Waals surface area (Å²) < 4.78 is 7.84. The molecule has 9 aromatic rings. The van der Waals surface area contributed by atoms with E-state index in [1.54, 1.807) is 11.3 Å². The van der Waals surface area contributed by atoms with Gasteiger partial charge < -0.3 is 4.42 Å². The maximum atomic E-state index is 6.56. The molecule has 196 valence electrons. The molecule has 0 spiro atoms. The molecule has 0 fully saturated rings. The molecule has 0 N–H and O–H groups in total. The maximum absolute atomic E-state index is 6.56. The fourth-order valence-electron chi connectivity index (χ4n) is 6.70. The second-order valence-electron chi connectivity index (χ2n) is 10.9. The summed E-state index contributed by atoms with van der Waals surface area (Å²) in [5, 5.41) is 10.9. The van der Waals surface area contributed by atoms with Gasteiger partial charge in [0.1, 0.15) is 11.2 Å². The molecule has 42 heavy (non-hydrogen) atoms. The molecule has 0 saturated heterocycles.